The molecule has 6 heteroatoms. The number of halogens is 3. The Kier molecular flexibility index (Phi) is 3.97. The molecular formula is C12H13BrF2N2O. The van der Waals surface area contributed by atoms with Crippen LogP contribution in [0.2, 0.25) is 0 Å². The molecule has 1 aromatic carbocycles. The van der Waals surface area contributed by atoms with Gasteiger partial charge in [0.1, 0.15) is 5.69 Å². The van der Waals surface area contributed by atoms with Crippen LogP contribution in [0, 0.1) is 23.5 Å². The van der Waals surface area contributed by atoms with Crippen LogP contribution >= 0.6 is 15.9 Å². The largest absolute Gasteiger partial charge is 0.321 e. The number of carbonyl (C=O) groups is 1. The highest BCUT2D eigenvalue weighted by Gasteiger charge is 2.30. The van der Waals surface area contributed by atoms with Crippen LogP contribution in [-0.2, 0) is 4.79 Å². The zero-order chi connectivity index (χ0) is 13.3. The lowest BCUT2D eigenvalue weighted by molar-refractivity contribution is -0.120. The molecule has 2 atom stereocenters. The monoisotopic (exact) mass is 318 g/mol. The number of anilines is 1. The van der Waals surface area contributed by atoms with Gasteiger partial charge in [0.25, 0.3) is 0 Å². The van der Waals surface area contributed by atoms with E-state index in [1.54, 1.807) is 0 Å². The first-order valence-corrected chi connectivity index (χ1v) is 6.44. The van der Waals surface area contributed by atoms with Crippen LogP contribution in [0.3, 0.4) is 0 Å². The second-order valence-electron chi connectivity index (χ2n) is 4.48. The summed E-state index contributed by atoms with van der Waals surface area (Å²) in [5, 5.41) is 5.40. The summed E-state index contributed by atoms with van der Waals surface area (Å²) in [5.41, 5.74) is -0.387. The molecule has 0 bridgehead atoms. The van der Waals surface area contributed by atoms with Gasteiger partial charge in [0.05, 0.1) is 5.92 Å². The summed E-state index contributed by atoms with van der Waals surface area (Å²) in [6.07, 6.45) is 0. The molecule has 0 saturated carbocycles. The maximum Gasteiger partial charge on any atom is 0.229 e. The van der Waals surface area contributed by atoms with Crippen molar-refractivity contribution < 1.29 is 13.6 Å². The van der Waals surface area contributed by atoms with Gasteiger partial charge < -0.3 is 10.6 Å². The molecule has 2 N–H and O–H groups in total. The molecule has 0 radical (unpaired) electrons. The van der Waals surface area contributed by atoms with Crippen molar-refractivity contribution in [1.82, 2.24) is 5.32 Å². The molecule has 0 aliphatic carbocycles. The highest BCUT2D eigenvalue weighted by atomic mass is 79.9. The molecule has 1 aromatic rings. The number of hydrogen-bond donors (Lipinski definition) is 2. The number of rotatable bonds is 2. The fourth-order valence-electron chi connectivity index (χ4n) is 2.04. The highest BCUT2D eigenvalue weighted by molar-refractivity contribution is 9.10. The molecule has 2 rings (SSSR count). The number of hydrogen-bond acceptors (Lipinski definition) is 2. The molecule has 98 valence electrons. The van der Waals surface area contributed by atoms with Crippen molar-refractivity contribution in [3.63, 3.8) is 0 Å². The van der Waals surface area contributed by atoms with Crippen molar-refractivity contribution in [1.29, 1.82) is 0 Å². The first-order valence-electron chi connectivity index (χ1n) is 5.65. The Morgan fingerprint density at radius 2 is 2.00 bits per heavy atom. The molecule has 0 aromatic heterocycles. The minimum Gasteiger partial charge on any atom is -0.321 e. The lowest BCUT2D eigenvalue weighted by Gasteiger charge is -2.15. The SMILES string of the molecule is CC1CNCC1C(=O)Nc1c(F)cc(Br)cc1F. The summed E-state index contributed by atoms with van der Waals surface area (Å²) in [5.74, 6) is -2.02. The zero-order valence-electron chi connectivity index (χ0n) is 9.77. The van der Waals surface area contributed by atoms with E-state index in [4.69, 9.17) is 0 Å². The third-order valence-corrected chi connectivity index (χ3v) is 3.57. The molecule has 1 aliphatic heterocycles. The number of amides is 1. The molecule has 1 heterocycles. The second kappa shape index (κ2) is 5.32. The van der Waals surface area contributed by atoms with Crippen LogP contribution in [0.15, 0.2) is 16.6 Å². The average molecular weight is 319 g/mol. The Balaban J connectivity index is 2.17. The van der Waals surface area contributed by atoms with Crippen LogP contribution in [-0.4, -0.2) is 19.0 Å². The summed E-state index contributed by atoms with van der Waals surface area (Å²) in [6, 6.07) is 2.24. The van der Waals surface area contributed by atoms with Gasteiger partial charge in [0, 0.05) is 11.0 Å². The van der Waals surface area contributed by atoms with Gasteiger partial charge in [0.2, 0.25) is 5.91 Å². The van der Waals surface area contributed by atoms with E-state index in [2.05, 4.69) is 26.6 Å². The zero-order valence-corrected chi connectivity index (χ0v) is 11.4. The van der Waals surface area contributed by atoms with Crippen LogP contribution < -0.4 is 10.6 Å². The smallest absolute Gasteiger partial charge is 0.229 e. The lowest BCUT2D eigenvalue weighted by Crippen LogP contribution is -2.28. The summed E-state index contributed by atoms with van der Waals surface area (Å²) < 4.78 is 27.4. The maximum atomic E-state index is 13.6. The van der Waals surface area contributed by atoms with Crippen LogP contribution in [0.25, 0.3) is 0 Å². The van der Waals surface area contributed by atoms with Gasteiger partial charge in [0.15, 0.2) is 11.6 Å². The third kappa shape index (κ3) is 2.70. The first-order chi connectivity index (χ1) is 8.49. The predicted octanol–water partition coefficient (Wildman–Crippen LogP) is 2.52. The van der Waals surface area contributed by atoms with Crippen LogP contribution in [0.5, 0.6) is 0 Å². The van der Waals surface area contributed by atoms with E-state index < -0.39 is 11.6 Å². The number of nitrogens with one attached hydrogen (secondary N) is 2. The quantitative estimate of drug-likeness (QED) is 0.879. The Hall–Kier alpha value is -1.01. The topological polar surface area (TPSA) is 41.1 Å². The molecule has 1 saturated heterocycles. The van der Waals surface area contributed by atoms with Gasteiger partial charge in [-0.1, -0.05) is 22.9 Å². The molecule has 1 fully saturated rings. The molecular weight excluding hydrogens is 306 g/mol. The molecule has 1 aliphatic rings. The first kappa shape index (κ1) is 13.4. The Labute approximate surface area is 112 Å². The minimum absolute atomic E-state index is 0.159. The average Bonchev–Trinajstić information content (AvgIpc) is 2.69. The lowest BCUT2D eigenvalue weighted by atomic mass is 9.97. The van der Waals surface area contributed by atoms with E-state index in [-0.39, 0.29) is 23.4 Å². The van der Waals surface area contributed by atoms with E-state index in [1.807, 2.05) is 6.92 Å². The third-order valence-electron chi connectivity index (χ3n) is 3.11. The Morgan fingerprint density at radius 3 is 2.50 bits per heavy atom. The van der Waals surface area contributed by atoms with Gasteiger partial charge in [-0.2, -0.15) is 0 Å². The van der Waals surface area contributed by atoms with E-state index in [9.17, 15) is 13.6 Å². The van der Waals surface area contributed by atoms with Crippen molar-refractivity contribution in [2.24, 2.45) is 11.8 Å². The van der Waals surface area contributed by atoms with E-state index in [1.165, 1.54) is 0 Å². The fraction of sp³-hybridized carbons (Fsp3) is 0.417. The minimum atomic E-state index is -0.783. The summed E-state index contributed by atoms with van der Waals surface area (Å²) in [7, 11) is 0. The van der Waals surface area contributed by atoms with Gasteiger partial charge in [-0.05, 0) is 24.6 Å². The normalized spacial score (nSPS) is 23.1. The van der Waals surface area contributed by atoms with Gasteiger partial charge in [-0.25, -0.2) is 8.78 Å². The van der Waals surface area contributed by atoms with Gasteiger partial charge in [-0.3, -0.25) is 4.79 Å². The van der Waals surface area contributed by atoms with Crippen molar-refractivity contribution in [2.75, 3.05) is 18.4 Å². The number of carbonyl (C=O) groups excluding carboxylic acids is 1. The van der Waals surface area contributed by atoms with Gasteiger partial charge in [-0.15, -0.1) is 0 Å². The highest BCUT2D eigenvalue weighted by Crippen LogP contribution is 2.25. The van der Waals surface area contributed by atoms with Crippen LogP contribution in [0.1, 0.15) is 6.92 Å². The molecule has 1 amide bonds. The van der Waals surface area contributed by atoms with E-state index in [0.29, 0.717) is 11.0 Å². The predicted molar refractivity (Wildman–Crippen MR) is 68.2 cm³/mol. The van der Waals surface area contributed by atoms with E-state index >= 15 is 0 Å². The summed E-state index contributed by atoms with van der Waals surface area (Å²) >= 11 is 2.99. The summed E-state index contributed by atoms with van der Waals surface area (Å²) in [6.45, 7) is 3.20. The fourth-order valence-corrected chi connectivity index (χ4v) is 2.44. The Morgan fingerprint density at radius 1 is 1.39 bits per heavy atom. The standard InChI is InChI=1S/C12H13BrF2N2O/c1-6-4-16-5-8(6)12(18)17-11-9(14)2-7(13)3-10(11)15/h2-3,6,8,16H,4-5H2,1H3,(H,17,18). The Bertz CT molecular complexity index is 458. The number of benzene rings is 1. The summed E-state index contributed by atoms with van der Waals surface area (Å²) in [4.78, 5) is 11.9. The van der Waals surface area contributed by atoms with Crippen molar-refractivity contribution in [3.8, 4) is 0 Å². The molecule has 2 unspecified atom stereocenters. The van der Waals surface area contributed by atoms with Crippen molar-refractivity contribution >= 4 is 27.5 Å². The molecule has 0 spiro atoms. The molecule has 3 nitrogen and oxygen atoms in total. The van der Waals surface area contributed by atoms with E-state index in [0.717, 1.165) is 18.7 Å². The van der Waals surface area contributed by atoms with Crippen molar-refractivity contribution in [3.05, 3.63) is 28.2 Å². The maximum absolute atomic E-state index is 13.6. The van der Waals surface area contributed by atoms with Crippen LogP contribution in [0.4, 0.5) is 14.5 Å². The second-order valence-corrected chi connectivity index (χ2v) is 5.39. The van der Waals surface area contributed by atoms with Gasteiger partial charge >= 0.3 is 0 Å². The van der Waals surface area contributed by atoms with Crippen molar-refractivity contribution in [2.45, 2.75) is 6.92 Å². The molecule has 18 heavy (non-hydrogen) atoms.